The van der Waals surface area contributed by atoms with Crippen molar-refractivity contribution >= 4 is 49.4 Å². The third-order valence-corrected chi connectivity index (χ3v) is 8.17. The Morgan fingerprint density at radius 1 is 0.980 bits per heavy atom. The van der Waals surface area contributed by atoms with Crippen molar-refractivity contribution in [1.82, 2.24) is 24.3 Å². The Hall–Kier alpha value is -5.00. The van der Waals surface area contributed by atoms with Crippen molar-refractivity contribution in [2.45, 2.75) is 25.2 Å². The number of fused-ring (bicyclic) bond motifs is 2. The number of aromatic nitrogens is 5. The molecule has 3 N–H and O–H groups in total. The lowest BCUT2D eigenvalue weighted by Crippen LogP contribution is -2.30. The van der Waals surface area contributed by atoms with Crippen molar-refractivity contribution < 1.29 is 34.8 Å². The van der Waals surface area contributed by atoms with Crippen LogP contribution >= 0.6 is 11.6 Å². The molecule has 0 aliphatic rings. The smallest absolute Gasteiger partial charge is 0.321 e. The van der Waals surface area contributed by atoms with Crippen LogP contribution in [0.15, 0.2) is 71.5 Å². The highest BCUT2D eigenvalue weighted by Crippen LogP contribution is 2.37. The highest BCUT2D eigenvalue weighted by molar-refractivity contribution is 7.92. The SMILES string of the molecule is CS(=O)(=O)Nc1nn(CC(F)(F)F)c2c(-n3c([C@@H](N)Cc4cc(F)cc(F)c4)nc4nc(-c5ccccc5F)ccc4c3=O)ccc(Cl)c12. The van der Waals surface area contributed by atoms with Crippen LogP contribution in [0.3, 0.4) is 0 Å². The number of nitrogens with two attached hydrogens (primary N) is 1. The Morgan fingerprint density at radius 2 is 1.67 bits per heavy atom. The summed E-state index contributed by atoms with van der Waals surface area (Å²) in [6.07, 6.45) is -4.44. The van der Waals surface area contributed by atoms with Crippen molar-refractivity contribution in [3.05, 3.63) is 111 Å². The summed E-state index contributed by atoms with van der Waals surface area (Å²) < 4.78 is 112. The van der Waals surface area contributed by atoms with Gasteiger partial charge in [-0.1, -0.05) is 23.7 Å². The van der Waals surface area contributed by atoms with Crippen LogP contribution in [0.4, 0.5) is 32.2 Å². The minimum Gasteiger partial charge on any atom is -0.321 e. The van der Waals surface area contributed by atoms with Gasteiger partial charge in [0.05, 0.1) is 45.0 Å². The van der Waals surface area contributed by atoms with E-state index in [2.05, 4.69) is 19.8 Å². The van der Waals surface area contributed by atoms with Crippen LogP contribution in [0.25, 0.3) is 38.9 Å². The fraction of sp³-hybridized carbons (Fsp3) is 0.161. The second-order valence-corrected chi connectivity index (χ2v) is 13.2. The van der Waals surface area contributed by atoms with E-state index in [-0.39, 0.29) is 56.2 Å². The van der Waals surface area contributed by atoms with Gasteiger partial charge in [-0.15, -0.1) is 0 Å². The maximum atomic E-state index is 14.6. The van der Waals surface area contributed by atoms with E-state index >= 15 is 0 Å². The Morgan fingerprint density at radius 3 is 2.33 bits per heavy atom. The van der Waals surface area contributed by atoms with E-state index in [1.165, 1.54) is 42.5 Å². The fourth-order valence-electron chi connectivity index (χ4n) is 5.43. The quantitative estimate of drug-likeness (QED) is 0.183. The molecule has 6 aromatic rings. The number of nitrogens with one attached hydrogen (secondary N) is 1. The maximum absolute atomic E-state index is 14.6. The van der Waals surface area contributed by atoms with E-state index in [4.69, 9.17) is 17.3 Å². The molecule has 0 saturated heterocycles. The lowest BCUT2D eigenvalue weighted by atomic mass is 10.0. The summed E-state index contributed by atoms with van der Waals surface area (Å²) >= 11 is 6.39. The summed E-state index contributed by atoms with van der Waals surface area (Å²) in [5.41, 5.74) is 4.94. The minimum absolute atomic E-state index is 0.0574. The molecular formula is C31H22ClF6N7O3S. The van der Waals surface area contributed by atoms with Crippen molar-refractivity contribution in [3.8, 4) is 16.9 Å². The lowest BCUT2D eigenvalue weighted by molar-refractivity contribution is -0.141. The lowest BCUT2D eigenvalue weighted by Gasteiger charge is -2.20. The number of anilines is 1. The van der Waals surface area contributed by atoms with Crippen molar-refractivity contribution in [2.24, 2.45) is 5.73 Å². The van der Waals surface area contributed by atoms with Crippen molar-refractivity contribution in [2.75, 3.05) is 11.0 Å². The molecule has 0 amide bonds. The summed E-state index contributed by atoms with van der Waals surface area (Å²) in [6.45, 7) is -1.73. The molecular weight excluding hydrogens is 700 g/mol. The Labute approximate surface area is 277 Å². The van der Waals surface area contributed by atoms with Gasteiger partial charge in [-0.05, 0) is 60.5 Å². The van der Waals surface area contributed by atoms with Crippen LogP contribution in [-0.4, -0.2) is 45.2 Å². The topological polar surface area (TPSA) is 138 Å². The van der Waals surface area contributed by atoms with Gasteiger partial charge in [0.25, 0.3) is 5.56 Å². The number of sulfonamides is 1. The molecule has 0 spiro atoms. The zero-order chi connectivity index (χ0) is 35.4. The Balaban J connectivity index is 1.67. The van der Waals surface area contributed by atoms with E-state index < -0.39 is 63.1 Å². The van der Waals surface area contributed by atoms with Gasteiger partial charge in [-0.3, -0.25) is 18.8 Å². The molecule has 6 rings (SSSR count). The summed E-state index contributed by atoms with van der Waals surface area (Å²) in [4.78, 5) is 23.2. The number of alkyl halides is 3. The molecule has 49 heavy (non-hydrogen) atoms. The number of hydrogen-bond acceptors (Lipinski definition) is 7. The van der Waals surface area contributed by atoms with Gasteiger partial charge in [0.1, 0.15) is 29.8 Å². The van der Waals surface area contributed by atoms with E-state index in [1.54, 1.807) is 6.07 Å². The summed E-state index contributed by atoms with van der Waals surface area (Å²) in [5, 5.41) is 3.19. The zero-order valence-electron chi connectivity index (χ0n) is 24.9. The molecule has 0 aliphatic heterocycles. The third kappa shape index (κ3) is 6.95. The van der Waals surface area contributed by atoms with Gasteiger partial charge >= 0.3 is 6.18 Å². The van der Waals surface area contributed by atoms with Crippen LogP contribution in [0.1, 0.15) is 17.4 Å². The Kier molecular flexibility index (Phi) is 8.62. The molecule has 18 heteroatoms. The van der Waals surface area contributed by atoms with Crippen LogP contribution in [-0.2, 0) is 23.0 Å². The van der Waals surface area contributed by atoms with Gasteiger partial charge in [-0.25, -0.2) is 31.6 Å². The predicted molar refractivity (Wildman–Crippen MR) is 170 cm³/mol. The van der Waals surface area contributed by atoms with E-state index in [0.717, 1.165) is 23.0 Å². The first-order valence-corrected chi connectivity index (χ1v) is 16.4. The molecule has 10 nitrogen and oxygen atoms in total. The summed E-state index contributed by atoms with van der Waals surface area (Å²) in [6, 6.07) is 12.0. The first-order valence-electron chi connectivity index (χ1n) is 14.1. The van der Waals surface area contributed by atoms with Crippen molar-refractivity contribution in [3.63, 3.8) is 0 Å². The number of hydrogen-bond donors (Lipinski definition) is 2. The molecule has 0 unspecified atom stereocenters. The normalized spacial score (nSPS) is 12.9. The summed E-state index contributed by atoms with van der Waals surface area (Å²) in [7, 11) is -4.09. The molecule has 0 bridgehead atoms. The second kappa shape index (κ2) is 12.5. The summed E-state index contributed by atoms with van der Waals surface area (Å²) in [5.74, 6) is -3.31. The number of rotatable bonds is 8. The van der Waals surface area contributed by atoms with Crippen LogP contribution in [0, 0.1) is 17.5 Å². The molecule has 0 saturated carbocycles. The zero-order valence-corrected chi connectivity index (χ0v) is 26.5. The van der Waals surface area contributed by atoms with Gasteiger partial charge in [-0.2, -0.15) is 18.3 Å². The molecule has 0 aliphatic carbocycles. The van der Waals surface area contributed by atoms with E-state index in [9.17, 15) is 39.6 Å². The molecule has 0 fully saturated rings. The highest BCUT2D eigenvalue weighted by atomic mass is 35.5. The molecule has 0 radical (unpaired) electrons. The number of pyridine rings is 1. The minimum atomic E-state index is -4.87. The third-order valence-electron chi connectivity index (χ3n) is 7.29. The van der Waals surface area contributed by atoms with Crippen LogP contribution < -0.4 is 16.0 Å². The second-order valence-electron chi connectivity index (χ2n) is 11.0. The standard InChI is InChI=1S/C31H22ClF6N7O3S/c1-49(47,48)43-28-25-20(32)7-9-24(26(25)44(42-28)14-31(36,37)38)45-29(22(39)12-15-10-16(33)13-17(34)11-15)41-27-19(30(45)46)6-8-23(40-27)18-4-2-3-5-21(18)35/h2-11,13,22H,12,14,39H2,1H3,(H,42,43)/t22-/m0/s1. The fourth-order valence-corrected chi connectivity index (χ4v) is 6.17. The van der Waals surface area contributed by atoms with Crippen LogP contribution in [0.5, 0.6) is 0 Å². The largest absolute Gasteiger partial charge is 0.408 e. The first kappa shape index (κ1) is 33.9. The molecule has 254 valence electrons. The van der Waals surface area contributed by atoms with Gasteiger partial charge in [0.2, 0.25) is 10.0 Å². The van der Waals surface area contributed by atoms with Crippen LogP contribution in [0.2, 0.25) is 5.02 Å². The van der Waals surface area contributed by atoms with E-state index in [0.29, 0.717) is 10.7 Å². The van der Waals surface area contributed by atoms with Gasteiger partial charge < -0.3 is 5.73 Å². The van der Waals surface area contributed by atoms with E-state index in [1.807, 2.05) is 0 Å². The average Bonchev–Trinajstić information content (AvgIpc) is 3.32. The Bertz CT molecular complexity index is 2430. The van der Waals surface area contributed by atoms with Crippen molar-refractivity contribution in [1.29, 1.82) is 0 Å². The number of halogens is 7. The van der Waals surface area contributed by atoms with Gasteiger partial charge in [0.15, 0.2) is 11.5 Å². The maximum Gasteiger partial charge on any atom is 0.408 e. The predicted octanol–water partition coefficient (Wildman–Crippen LogP) is 6.04. The molecule has 3 aromatic carbocycles. The first-order chi connectivity index (χ1) is 23.0. The van der Waals surface area contributed by atoms with Gasteiger partial charge in [0, 0.05) is 11.6 Å². The molecule has 3 heterocycles. The average molecular weight is 722 g/mol. The number of benzene rings is 3. The molecule has 3 aromatic heterocycles. The molecule has 1 atom stereocenters. The highest BCUT2D eigenvalue weighted by Gasteiger charge is 2.33. The monoisotopic (exact) mass is 721 g/mol. The number of nitrogens with zero attached hydrogens (tertiary/aromatic N) is 5.